The van der Waals surface area contributed by atoms with Gasteiger partial charge in [-0.05, 0) is 41.8 Å². The van der Waals surface area contributed by atoms with Gasteiger partial charge in [0.15, 0.2) is 0 Å². The fourth-order valence-corrected chi connectivity index (χ4v) is 4.23. The van der Waals surface area contributed by atoms with Crippen LogP contribution < -0.4 is 10.0 Å². The lowest BCUT2D eigenvalue weighted by Gasteiger charge is -2.15. The Hall–Kier alpha value is -2.85. The lowest BCUT2D eigenvalue weighted by Crippen LogP contribution is -2.27. The van der Waals surface area contributed by atoms with Gasteiger partial charge in [0.2, 0.25) is 11.0 Å². The van der Waals surface area contributed by atoms with Crippen LogP contribution in [0.1, 0.15) is 31.9 Å². The predicted octanol–water partition coefficient (Wildman–Crippen LogP) is 3.31. The molecule has 0 saturated carbocycles. The molecule has 2 heterocycles. The normalized spacial score (nSPS) is 11.8. The number of aromatic nitrogens is 3. The SMILES string of the molecule is CC(C)(C)C(=O)Nc1nnc(S(=O)(=O)Nc2ccc(Cc3ccncc3)cc2)s1. The van der Waals surface area contributed by atoms with Gasteiger partial charge in [-0.25, -0.2) is 0 Å². The summed E-state index contributed by atoms with van der Waals surface area (Å²) in [6.07, 6.45) is 4.19. The molecule has 29 heavy (non-hydrogen) atoms. The predicted molar refractivity (Wildman–Crippen MR) is 112 cm³/mol. The summed E-state index contributed by atoms with van der Waals surface area (Å²) in [5.41, 5.74) is 1.95. The van der Waals surface area contributed by atoms with E-state index in [9.17, 15) is 13.2 Å². The molecule has 2 N–H and O–H groups in total. The van der Waals surface area contributed by atoms with Crippen LogP contribution in [0.25, 0.3) is 0 Å². The number of rotatable bonds is 6. The van der Waals surface area contributed by atoms with Crippen molar-refractivity contribution in [2.45, 2.75) is 31.5 Å². The molecule has 0 aliphatic carbocycles. The van der Waals surface area contributed by atoms with Gasteiger partial charge < -0.3 is 5.32 Å². The van der Waals surface area contributed by atoms with E-state index in [0.717, 1.165) is 28.9 Å². The molecule has 0 aliphatic heterocycles. The minimum atomic E-state index is -3.90. The number of pyridine rings is 1. The van der Waals surface area contributed by atoms with Gasteiger partial charge in [-0.15, -0.1) is 10.2 Å². The number of amides is 1. The third-order valence-electron chi connectivity index (χ3n) is 3.90. The van der Waals surface area contributed by atoms with Crippen molar-refractivity contribution in [1.29, 1.82) is 0 Å². The molecule has 1 amide bonds. The maximum Gasteiger partial charge on any atom is 0.291 e. The monoisotopic (exact) mass is 431 g/mol. The van der Waals surface area contributed by atoms with Crippen LogP contribution in [0.3, 0.4) is 0 Å². The first-order chi connectivity index (χ1) is 13.6. The van der Waals surface area contributed by atoms with Crippen molar-refractivity contribution in [2.24, 2.45) is 5.41 Å². The molecule has 1 aromatic carbocycles. The van der Waals surface area contributed by atoms with Gasteiger partial charge in [-0.3, -0.25) is 14.5 Å². The molecule has 3 aromatic rings. The molecule has 0 radical (unpaired) electrons. The van der Waals surface area contributed by atoms with Gasteiger partial charge in [0.25, 0.3) is 14.4 Å². The average molecular weight is 432 g/mol. The van der Waals surface area contributed by atoms with E-state index < -0.39 is 15.4 Å². The molecule has 0 atom stereocenters. The van der Waals surface area contributed by atoms with E-state index in [1.807, 2.05) is 24.3 Å². The van der Waals surface area contributed by atoms with E-state index in [0.29, 0.717) is 5.69 Å². The molecule has 2 aromatic heterocycles. The Kier molecular flexibility index (Phi) is 5.94. The number of anilines is 2. The van der Waals surface area contributed by atoms with Crippen molar-refractivity contribution >= 4 is 38.1 Å². The van der Waals surface area contributed by atoms with Crippen LogP contribution in [0.4, 0.5) is 10.8 Å². The number of nitrogens with one attached hydrogen (secondary N) is 2. The van der Waals surface area contributed by atoms with Crippen LogP contribution in [-0.2, 0) is 21.2 Å². The van der Waals surface area contributed by atoms with Crippen molar-refractivity contribution in [2.75, 3.05) is 10.0 Å². The first kappa shape index (κ1) is 20.9. The van der Waals surface area contributed by atoms with Gasteiger partial charge in [0, 0.05) is 23.5 Å². The van der Waals surface area contributed by atoms with Crippen LogP contribution in [-0.4, -0.2) is 29.5 Å². The van der Waals surface area contributed by atoms with Gasteiger partial charge in [-0.2, -0.15) is 8.42 Å². The highest BCUT2D eigenvalue weighted by Gasteiger charge is 2.25. The number of carbonyl (C=O) groups is 1. The quantitative estimate of drug-likeness (QED) is 0.579. The third kappa shape index (κ3) is 5.58. The highest BCUT2D eigenvalue weighted by atomic mass is 32.2. The fraction of sp³-hybridized carbons (Fsp3) is 0.263. The minimum absolute atomic E-state index is 0.137. The van der Waals surface area contributed by atoms with E-state index >= 15 is 0 Å². The molecule has 10 heteroatoms. The van der Waals surface area contributed by atoms with Gasteiger partial charge in [0.05, 0.1) is 0 Å². The maximum absolute atomic E-state index is 12.6. The third-order valence-corrected chi connectivity index (χ3v) is 6.49. The zero-order valence-corrected chi connectivity index (χ0v) is 17.8. The first-order valence-corrected chi connectivity index (χ1v) is 11.1. The smallest absolute Gasteiger partial charge is 0.291 e. The molecule has 152 valence electrons. The topological polar surface area (TPSA) is 114 Å². The number of hydrogen-bond donors (Lipinski definition) is 2. The summed E-state index contributed by atoms with van der Waals surface area (Å²) in [7, 11) is -3.90. The minimum Gasteiger partial charge on any atom is -0.300 e. The summed E-state index contributed by atoms with van der Waals surface area (Å²) >= 11 is 0.798. The second-order valence-corrected chi connectivity index (χ2v) is 10.2. The van der Waals surface area contributed by atoms with Crippen molar-refractivity contribution in [3.05, 3.63) is 59.9 Å². The summed E-state index contributed by atoms with van der Waals surface area (Å²) in [5.74, 6) is -0.268. The second kappa shape index (κ2) is 8.26. The molecule has 3 rings (SSSR count). The van der Waals surface area contributed by atoms with E-state index in [1.54, 1.807) is 45.3 Å². The largest absolute Gasteiger partial charge is 0.300 e. The number of benzene rings is 1. The van der Waals surface area contributed by atoms with Crippen LogP contribution in [0.2, 0.25) is 0 Å². The fourth-order valence-electron chi connectivity index (χ4n) is 2.28. The van der Waals surface area contributed by atoms with E-state index in [2.05, 4.69) is 25.2 Å². The Morgan fingerprint density at radius 3 is 2.24 bits per heavy atom. The molecule has 0 aliphatic rings. The summed E-state index contributed by atoms with van der Waals surface area (Å²) in [6, 6.07) is 11.0. The van der Waals surface area contributed by atoms with Crippen molar-refractivity contribution in [3.8, 4) is 0 Å². The Morgan fingerprint density at radius 1 is 1.00 bits per heavy atom. The zero-order chi connectivity index (χ0) is 21.1. The Morgan fingerprint density at radius 2 is 1.62 bits per heavy atom. The highest BCUT2D eigenvalue weighted by molar-refractivity contribution is 7.94. The van der Waals surface area contributed by atoms with E-state index in [-0.39, 0.29) is 15.4 Å². The lowest BCUT2D eigenvalue weighted by atomic mass is 9.96. The molecular weight excluding hydrogens is 410 g/mol. The summed E-state index contributed by atoms with van der Waals surface area (Å²) in [4.78, 5) is 16.0. The number of nitrogens with zero attached hydrogens (tertiary/aromatic N) is 3. The maximum atomic E-state index is 12.6. The molecule has 0 unspecified atom stereocenters. The average Bonchev–Trinajstić information content (AvgIpc) is 3.13. The van der Waals surface area contributed by atoms with Gasteiger partial charge >= 0.3 is 0 Å². The van der Waals surface area contributed by atoms with Crippen LogP contribution in [0.15, 0.2) is 53.1 Å². The molecule has 0 bridgehead atoms. The molecule has 0 spiro atoms. The zero-order valence-electron chi connectivity index (χ0n) is 16.2. The molecular formula is C19H21N5O3S2. The van der Waals surface area contributed by atoms with Crippen LogP contribution in [0.5, 0.6) is 0 Å². The van der Waals surface area contributed by atoms with Crippen LogP contribution in [0, 0.1) is 5.41 Å². The molecule has 8 nitrogen and oxygen atoms in total. The summed E-state index contributed by atoms with van der Waals surface area (Å²) in [6.45, 7) is 5.25. The number of hydrogen-bond acceptors (Lipinski definition) is 7. The van der Waals surface area contributed by atoms with E-state index in [4.69, 9.17) is 0 Å². The summed E-state index contributed by atoms with van der Waals surface area (Å²) in [5, 5.41) is 10.2. The second-order valence-electron chi connectivity index (χ2n) is 7.41. The Labute approximate surface area is 173 Å². The Bertz CT molecular complexity index is 1090. The Balaban J connectivity index is 1.67. The highest BCUT2D eigenvalue weighted by Crippen LogP contribution is 2.25. The molecule has 0 saturated heterocycles. The van der Waals surface area contributed by atoms with Gasteiger partial charge in [-0.1, -0.05) is 44.2 Å². The number of sulfonamides is 1. The van der Waals surface area contributed by atoms with Gasteiger partial charge in [0.1, 0.15) is 0 Å². The summed E-state index contributed by atoms with van der Waals surface area (Å²) < 4.78 is 27.4. The van der Waals surface area contributed by atoms with Crippen molar-refractivity contribution < 1.29 is 13.2 Å². The standard InChI is InChI=1S/C19H21N5O3S2/c1-19(2,3)16(25)21-17-22-23-18(28-17)29(26,27)24-15-6-4-13(5-7-15)12-14-8-10-20-11-9-14/h4-11,24H,12H2,1-3H3,(H,21,22,25). The molecule has 0 fully saturated rings. The number of carbonyl (C=O) groups excluding carboxylic acids is 1. The van der Waals surface area contributed by atoms with Crippen molar-refractivity contribution in [3.63, 3.8) is 0 Å². The lowest BCUT2D eigenvalue weighted by molar-refractivity contribution is -0.123. The van der Waals surface area contributed by atoms with Crippen molar-refractivity contribution in [1.82, 2.24) is 15.2 Å². The van der Waals surface area contributed by atoms with Crippen LogP contribution >= 0.6 is 11.3 Å². The first-order valence-electron chi connectivity index (χ1n) is 8.79. The van der Waals surface area contributed by atoms with E-state index in [1.165, 1.54) is 0 Å².